The minimum absolute atomic E-state index is 0.0524. The summed E-state index contributed by atoms with van der Waals surface area (Å²) in [6, 6.07) is 19.2. The standard InChI is InChI=1S/C36H26N4O11/c41-25-13-4-17(14-27(25)43)15-37-33(46)24-12-8-19-6-10-22(35(48)49)32(29(19)40-24)51-36(50)21-9-5-18-7-11-23(39-28(18)31(21)45)34(47)38-16-20-2-1-3-26(42)30(20)44/h1-14,41-45H,15-16H2,(H,37,46)(H,38,47)(H,48,49). The molecule has 0 aliphatic rings. The van der Waals surface area contributed by atoms with E-state index in [0.29, 0.717) is 16.3 Å². The van der Waals surface area contributed by atoms with Crippen LogP contribution in [-0.2, 0) is 13.1 Å². The molecule has 8 N–H and O–H groups in total. The van der Waals surface area contributed by atoms with Crippen LogP contribution in [0.2, 0.25) is 0 Å². The number of hydrogen-bond acceptors (Lipinski definition) is 12. The molecule has 6 rings (SSSR count). The Kier molecular flexibility index (Phi) is 8.93. The Morgan fingerprint density at radius 2 is 1.22 bits per heavy atom. The number of carbonyl (C=O) groups is 4. The number of nitrogens with one attached hydrogen (secondary N) is 2. The van der Waals surface area contributed by atoms with Crippen molar-refractivity contribution in [1.82, 2.24) is 20.6 Å². The van der Waals surface area contributed by atoms with Crippen molar-refractivity contribution in [2.45, 2.75) is 13.1 Å². The van der Waals surface area contributed by atoms with Crippen molar-refractivity contribution in [2.24, 2.45) is 0 Å². The van der Waals surface area contributed by atoms with Crippen molar-refractivity contribution in [3.63, 3.8) is 0 Å². The highest BCUT2D eigenvalue weighted by molar-refractivity contribution is 6.06. The molecule has 2 aromatic heterocycles. The monoisotopic (exact) mass is 690 g/mol. The normalized spacial score (nSPS) is 10.9. The highest BCUT2D eigenvalue weighted by Crippen LogP contribution is 2.33. The number of esters is 1. The maximum absolute atomic E-state index is 13.5. The van der Waals surface area contributed by atoms with Gasteiger partial charge in [0.1, 0.15) is 33.5 Å². The topological polar surface area (TPSA) is 249 Å². The predicted molar refractivity (Wildman–Crippen MR) is 179 cm³/mol. The van der Waals surface area contributed by atoms with E-state index in [0.717, 1.165) is 0 Å². The van der Waals surface area contributed by atoms with Crippen molar-refractivity contribution in [3.05, 3.63) is 119 Å². The number of aromatic carboxylic acids is 1. The van der Waals surface area contributed by atoms with Gasteiger partial charge in [0.2, 0.25) is 0 Å². The lowest BCUT2D eigenvalue weighted by Gasteiger charge is -2.13. The summed E-state index contributed by atoms with van der Waals surface area (Å²) < 4.78 is 5.53. The Hall–Kier alpha value is -7.42. The second-order valence-corrected chi connectivity index (χ2v) is 11.1. The lowest BCUT2D eigenvalue weighted by atomic mass is 10.1. The van der Waals surface area contributed by atoms with Crippen molar-refractivity contribution < 1.29 is 54.6 Å². The molecule has 0 saturated carbocycles. The van der Waals surface area contributed by atoms with Crippen LogP contribution in [0.1, 0.15) is 52.8 Å². The zero-order valence-corrected chi connectivity index (χ0v) is 26.1. The zero-order chi connectivity index (χ0) is 36.4. The Bertz CT molecular complexity index is 2410. The van der Waals surface area contributed by atoms with Crippen molar-refractivity contribution in [1.29, 1.82) is 0 Å². The molecule has 0 aliphatic heterocycles. The van der Waals surface area contributed by atoms with Gasteiger partial charge in [-0.1, -0.05) is 42.5 Å². The molecule has 0 aliphatic carbocycles. The van der Waals surface area contributed by atoms with E-state index in [2.05, 4.69) is 20.6 Å². The van der Waals surface area contributed by atoms with Gasteiger partial charge in [-0.05, 0) is 48.0 Å². The smallest absolute Gasteiger partial charge is 0.347 e. The number of phenols is 5. The number of rotatable bonds is 9. The van der Waals surface area contributed by atoms with E-state index in [1.165, 1.54) is 84.9 Å². The van der Waals surface area contributed by atoms with E-state index < -0.39 is 52.1 Å². The summed E-state index contributed by atoms with van der Waals surface area (Å²) >= 11 is 0. The van der Waals surface area contributed by atoms with E-state index in [1.807, 2.05) is 0 Å². The number of aromatic hydroxyl groups is 5. The van der Waals surface area contributed by atoms with Crippen LogP contribution >= 0.6 is 0 Å². The average molecular weight is 691 g/mol. The fourth-order valence-electron chi connectivity index (χ4n) is 5.11. The largest absolute Gasteiger partial charge is 0.505 e. The summed E-state index contributed by atoms with van der Waals surface area (Å²) in [7, 11) is 0. The number of phenolic OH excluding ortho intramolecular Hbond substituents is 5. The quantitative estimate of drug-likeness (QED) is 0.0606. The number of aromatic nitrogens is 2. The van der Waals surface area contributed by atoms with Crippen LogP contribution < -0.4 is 15.4 Å². The number of nitrogens with zero attached hydrogens (tertiary/aromatic N) is 2. The summed E-state index contributed by atoms with van der Waals surface area (Å²) in [5.74, 6) is -6.66. The minimum atomic E-state index is -1.47. The van der Waals surface area contributed by atoms with Gasteiger partial charge in [0.15, 0.2) is 34.5 Å². The third kappa shape index (κ3) is 6.80. The number of ether oxygens (including phenoxy) is 1. The molecule has 15 nitrogen and oxygen atoms in total. The Morgan fingerprint density at radius 3 is 1.88 bits per heavy atom. The second-order valence-electron chi connectivity index (χ2n) is 11.1. The van der Waals surface area contributed by atoms with Gasteiger partial charge in [-0.2, -0.15) is 0 Å². The summed E-state index contributed by atoms with van der Waals surface area (Å²) in [5.41, 5.74) is -0.777. The van der Waals surface area contributed by atoms with Crippen molar-refractivity contribution in [2.75, 3.05) is 0 Å². The summed E-state index contributed by atoms with van der Waals surface area (Å²) in [6.45, 7) is -0.211. The number of fused-ring (bicyclic) bond motifs is 2. The molecule has 6 aromatic rings. The molecule has 0 fully saturated rings. The number of amides is 2. The lowest BCUT2D eigenvalue weighted by molar-refractivity contribution is 0.0681. The molecule has 0 radical (unpaired) electrons. The van der Waals surface area contributed by atoms with Crippen LogP contribution in [0.15, 0.2) is 84.9 Å². The Morgan fingerprint density at radius 1 is 0.608 bits per heavy atom. The molecule has 0 unspecified atom stereocenters. The molecule has 4 aromatic carbocycles. The minimum Gasteiger partial charge on any atom is -0.505 e. The summed E-state index contributed by atoms with van der Waals surface area (Å²) in [5, 5.41) is 65.7. The SMILES string of the molecule is O=C(NCc1cccc(O)c1O)c1ccc2ccc(C(=O)Oc3c(C(=O)O)ccc4ccc(C(=O)NCc5ccc(O)c(O)c5)nc34)c(O)c2n1. The lowest BCUT2D eigenvalue weighted by Crippen LogP contribution is -2.24. The maximum Gasteiger partial charge on any atom is 0.347 e. The molecule has 0 saturated heterocycles. The van der Waals surface area contributed by atoms with Gasteiger partial charge in [-0.3, -0.25) is 9.59 Å². The first kappa shape index (κ1) is 33.5. The van der Waals surface area contributed by atoms with Gasteiger partial charge >= 0.3 is 11.9 Å². The van der Waals surface area contributed by atoms with E-state index >= 15 is 0 Å². The van der Waals surface area contributed by atoms with E-state index in [1.54, 1.807) is 0 Å². The first-order chi connectivity index (χ1) is 24.4. The number of para-hydroxylation sites is 1. The maximum atomic E-state index is 13.5. The molecular formula is C36H26N4O11. The van der Waals surface area contributed by atoms with Crippen molar-refractivity contribution >= 4 is 45.6 Å². The molecule has 256 valence electrons. The fourth-order valence-corrected chi connectivity index (χ4v) is 5.11. The number of benzene rings is 4. The third-order valence-corrected chi connectivity index (χ3v) is 7.79. The van der Waals surface area contributed by atoms with Gasteiger partial charge in [0, 0.05) is 29.4 Å². The predicted octanol–water partition coefficient (Wildman–Crippen LogP) is 4.09. The molecular weight excluding hydrogens is 664 g/mol. The van der Waals surface area contributed by atoms with Gasteiger partial charge in [-0.15, -0.1) is 0 Å². The first-order valence-corrected chi connectivity index (χ1v) is 15.0. The Labute approximate surface area is 286 Å². The van der Waals surface area contributed by atoms with Crippen LogP contribution in [0.5, 0.6) is 34.5 Å². The van der Waals surface area contributed by atoms with E-state index in [4.69, 9.17) is 4.74 Å². The summed E-state index contributed by atoms with van der Waals surface area (Å²) in [4.78, 5) is 60.0. The number of carboxylic acid groups (broad SMARTS) is 1. The number of carbonyl (C=O) groups excluding carboxylic acids is 3. The third-order valence-electron chi connectivity index (χ3n) is 7.79. The number of carboxylic acids is 1. The van der Waals surface area contributed by atoms with Crippen LogP contribution in [0, 0.1) is 0 Å². The highest BCUT2D eigenvalue weighted by atomic mass is 16.5. The van der Waals surface area contributed by atoms with Gasteiger partial charge in [0.05, 0.1) is 0 Å². The highest BCUT2D eigenvalue weighted by Gasteiger charge is 2.24. The van der Waals surface area contributed by atoms with Crippen molar-refractivity contribution in [3.8, 4) is 34.5 Å². The molecule has 0 spiro atoms. The van der Waals surface area contributed by atoms with Crippen LogP contribution in [0.25, 0.3) is 21.8 Å². The zero-order valence-electron chi connectivity index (χ0n) is 26.1. The van der Waals surface area contributed by atoms with Crippen LogP contribution in [-0.4, -0.2) is 64.4 Å². The first-order valence-electron chi connectivity index (χ1n) is 15.0. The van der Waals surface area contributed by atoms with E-state index in [9.17, 15) is 49.8 Å². The van der Waals surface area contributed by atoms with Gasteiger partial charge in [-0.25, -0.2) is 19.6 Å². The van der Waals surface area contributed by atoms with Gasteiger partial charge in [0.25, 0.3) is 11.8 Å². The molecule has 0 bridgehead atoms. The fraction of sp³-hybridized carbons (Fsp3) is 0.0556. The molecule has 51 heavy (non-hydrogen) atoms. The molecule has 2 amide bonds. The molecule has 0 atom stereocenters. The van der Waals surface area contributed by atoms with E-state index in [-0.39, 0.29) is 58.3 Å². The molecule has 15 heteroatoms. The van der Waals surface area contributed by atoms with Crippen LogP contribution in [0.3, 0.4) is 0 Å². The van der Waals surface area contributed by atoms with Gasteiger partial charge < -0.3 is 46.0 Å². The number of pyridine rings is 2. The second kappa shape index (κ2) is 13.6. The number of hydrogen-bond donors (Lipinski definition) is 8. The van der Waals surface area contributed by atoms with Crippen LogP contribution in [0.4, 0.5) is 0 Å². The average Bonchev–Trinajstić information content (AvgIpc) is 3.12. The Balaban J connectivity index is 1.27. The summed E-state index contributed by atoms with van der Waals surface area (Å²) in [6.07, 6.45) is 0. The molecule has 2 heterocycles.